The van der Waals surface area contributed by atoms with E-state index in [2.05, 4.69) is 14.9 Å². The van der Waals surface area contributed by atoms with Crippen LogP contribution < -0.4 is 4.72 Å². The van der Waals surface area contributed by atoms with Gasteiger partial charge < -0.3 is 0 Å². The van der Waals surface area contributed by atoms with E-state index in [0.29, 0.717) is 22.2 Å². The third-order valence-electron chi connectivity index (χ3n) is 3.00. The molecule has 1 atom stereocenters. The predicted molar refractivity (Wildman–Crippen MR) is 60.6 cm³/mol. The second-order valence-corrected chi connectivity index (χ2v) is 6.16. The Labute approximate surface area is 95.7 Å². The van der Waals surface area contributed by atoms with E-state index in [1.807, 2.05) is 6.92 Å². The number of H-pyrrole nitrogens is 1. The van der Waals surface area contributed by atoms with Crippen LogP contribution in [-0.2, 0) is 10.0 Å². The maximum Gasteiger partial charge on any atom is 0.244 e. The van der Waals surface area contributed by atoms with Gasteiger partial charge in [0.1, 0.15) is 4.90 Å². The Morgan fingerprint density at radius 3 is 2.50 bits per heavy atom. The molecule has 1 aromatic rings. The lowest BCUT2D eigenvalue weighted by atomic mass is 10.2. The van der Waals surface area contributed by atoms with E-state index in [9.17, 15) is 8.42 Å². The molecule has 0 spiro atoms. The molecule has 16 heavy (non-hydrogen) atoms. The highest BCUT2D eigenvalue weighted by atomic mass is 32.2. The van der Waals surface area contributed by atoms with Crippen LogP contribution in [0.1, 0.15) is 31.2 Å². The molecule has 0 aliphatic heterocycles. The fraction of sp³-hybridized carbons (Fsp3) is 0.700. The normalized spacial score (nSPS) is 18.7. The third-order valence-corrected chi connectivity index (χ3v) is 4.82. The number of sulfonamides is 1. The van der Waals surface area contributed by atoms with E-state index >= 15 is 0 Å². The lowest BCUT2D eigenvalue weighted by molar-refractivity contribution is 0.537. The molecule has 6 heteroatoms. The zero-order valence-electron chi connectivity index (χ0n) is 9.74. The molecule has 0 aromatic carbocycles. The predicted octanol–water partition coefficient (Wildman–Crippen LogP) is 1.10. The lowest BCUT2D eigenvalue weighted by Gasteiger charge is -2.13. The van der Waals surface area contributed by atoms with Crippen LogP contribution in [0.4, 0.5) is 0 Å². The minimum Gasteiger partial charge on any atom is -0.281 e. The monoisotopic (exact) mass is 243 g/mol. The topological polar surface area (TPSA) is 74.8 Å². The number of aromatic amines is 1. The van der Waals surface area contributed by atoms with Crippen LogP contribution in [0.2, 0.25) is 0 Å². The van der Waals surface area contributed by atoms with Crippen LogP contribution in [0.5, 0.6) is 0 Å². The van der Waals surface area contributed by atoms with Gasteiger partial charge in [0.25, 0.3) is 0 Å². The van der Waals surface area contributed by atoms with Gasteiger partial charge in [0.15, 0.2) is 0 Å². The largest absolute Gasteiger partial charge is 0.281 e. The number of hydrogen-bond acceptors (Lipinski definition) is 3. The number of nitrogens with one attached hydrogen (secondary N) is 2. The van der Waals surface area contributed by atoms with E-state index in [4.69, 9.17) is 0 Å². The summed E-state index contributed by atoms with van der Waals surface area (Å²) in [5.74, 6) is 0.502. The minimum atomic E-state index is -3.43. The van der Waals surface area contributed by atoms with Crippen molar-refractivity contribution in [2.24, 2.45) is 5.92 Å². The molecule has 1 fully saturated rings. The lowest BCUT2D eigenvalue weighted by Crippen LogP contribution is -2.34. The molecular weight excluding hydrogens is 226 g/mol. The molecule has 1 aliphatic carbocycles. The Morgan fingerprint density at radius 1 is 1.44 bits per heavy atom. The first kappa shape index (κ1) is 11.6. The quantitative estimate of drug-likeness (QED) is 0.831. The van der Waals surface area contributed by atoms with E-state index in [1.165, 1.54) is 0 Å². The first-order valence-electron chi connectivity index (χ1n) is 5.45. The Morgan fingerprint density at radius 2 is 2.06 bits per heavy atom. The van der Waals surface area contributed by atoms with Crippen molar-refractivity contribution in [3.8, 4) is 0 Å². The van der Waals surface area contributed by atoms with E-state index < -0.39 is 10.0 Å². The van der Waals surface area contributed by atoms with Crippen molar-refractivity contribution in [2.75, 3.05) is 0 Å². The van der Waals surface area contributed by atoms with Gasteiger partial charge in [0.2, 0.25) is 10.0 Å². The van der Waals surface area contributed by atoms with E-state index in [0.717, 1.165) is 12.8 Å². The van der Waals surface area contributed by atoms with Crippen LogP contribution >= 0.6 is 0 Å². The first-order chi connectivity index (χ1) is 7.42. The maximum absolute atomic E-state index is 12.1. The molecule has 1 saturated carbocycles. The average molecular weight is 243 g/mol. The Kier molecular flexibility index (Phi) is 2.79. The molecule has 0 radical (unpaired) electrons. The van der Waals surface area contributed by atoms with E-state index in [-0.39, 0.29) is 6.04 Å². The standard InChI is InChI=1S/C10H17N3O2S/c1-6(9-4-5-9)13-16(14,15)10-7(2)11-12-8(10)3/h6,9,13H,4-5H2,1-3H3,(H,11,12). The highest BCUT2D eigenvalue weighted by molar-refractivity contribution is 7.89. The Bertz CT molecular complexity index is 469. The number of hydrogen-bond donors (Lipinski definition) is 2. The smallest absolute Gasteiger partial charge is 0.244 e. The SMILES string of the molecule is Cc1n[nH]c(C)c1S(=O)(=O)NC(C)C1CC1. The fourth-order valence-electron chi connectivity index (χ4n) is 1.93. The molecule has 1 aliphatic rings. The van der Waals surface area contributed by atoms with Gasteiger partial charge in [0, 0.05) is 6.04 Å². The molecule has 2 N–H and O–H groups in total. The number of aryl methyl sites for hydroxylation is 2. The van der Waals surface area contributed by atoms with Crippen LogP contribution in [0.25, 0.3) is 0 Å². The van der Waals surface area contributed by atoms with Crippen LogP contribution in [0, 0.1) is 19.8 Å². The van der Waals surface area contributed by atoms with Gasteiger partial charge in [-0.15, -0.1) is 0 Å². The zero-order chi connectivity index (χ0) is 11.9. The third kappa shape index (κ3) is 2.12. The average Bonchev–Trinajstić information content (AvgIpc) is 2.92. The molecule has 2 rings (SSSR count). The molecule has 90 valence electrons. The van der Waals surface area contributed by atoms with Gasteiger partial charge in [0.05, 0.1) is 11.4 Å². The summed E-state index contributed by atoms with van der Waals surface area (Å²) in [5.41, 5.74) is 1.11. The summed E-state index contributed by atoms with van der Waals surface area (Å²) in [4.78, 5) is 0.292. The van der Waals surface area contributed by atoms with Gasteiger partial charge in [-0.05, 0) is 39.5 Å². The fourth-order valence-corrected chi connectivity index (χ4v) is 3.62. The summed E-state index contributed by atoms with van der Waals surface area (Å²) in [7, 11) is -3.43. The van der Waals surface area contributed by atoms with Gasteiger partial charge in [-0.2, -0.15) is 5.10 Å². The van der Waals surface area contributed by atoms with Gasteiger partial charge in [-0.3, -0.25) is 5.10 Å². The molecular formula is C10H17N3O2S. The van der Waals surface area contributed by atoms with Gasteiger partial charge in [-0.1, -0.05) is 0 Å². The molecule has 1 unspecified atom stereocenters. The van der Waals surface area contributed by atoms with E-state index in [1.54, 1.807) is 13.8 Å². The Balaban J connectivity index is 2.24. The molecule has 0 bridgehead atoms. The van der Waals surface area contributed by atoms with Crippen LogP contribution in [0.15, 0.2) is 4.90 Å². The van der Waals surface area contributed by atoms with Crippen molar-refractivity contribution in [1.82, 2.24) is 14.9 Å². The maximum atomic E-state index is 12.1. The molecule has 5 nitrogen and oxygen atoms in total. The van der Waals surface area contributed by atoms with Gasteiger partial charge in [-0.25, -0.2) is 13.1 Å². The van der Waals surface area contributed by atoms with Crippen molar-refractivity contribution in [3.63, 3.8) is 0 Å². The number of rotatable bonds is 4. The second kappa shape index (κ2) is 3.85. The summed E-state index contributed by atoms with van der Waals surface area (Å²) in [6.07, 6.45) is 2.24. The molecule has 0 amide bonds. The van der Waals surface area contributed by atoms with Crippen molar-refractivity contribution < 1.29 is 8.42 Å². The highest BCUT2D eigenvalue weighted by Gasteiger charge is 2.32. The van der Waals surface area contributed by atoms with Crippen LogP contribution in [-0.4, -0.2) is 24.7 Å². The number of aromatic nitrogens is 2. The molecule has 1 aromatic heterocycles. The van der Waals surface area contributed by atoms with Crippen molar-refractivity contribution in [2.45, 2.75) is 44.6 Å². The zero-order valence-corrected chi connectivity index (χ0v) is 10.6. The van der Waals surface area contributed by atoms with Gasteiger partial charge >= 0.3 is 0 Å². The van der Waals surface area contributed by atoms with Crippen molar-refractivity contribution >= 4 is 10.0 Å². The van der Waals surface area contributed by atoms with Crippen LogP contribution in [0.3, 0.4) is 0 Å². The minimum absolute atomic E-state index is 0.0127. The summed E-state index contributed by atoms with van der Waals surface area (Å²) < 4.78 is 26.9. The Hall–Kier alpha value is -0.880. The molecule has 1 heterocycles. The van der Waals surface area contributed by atoms with Crippen molar-refractivity contribution in [1.29, 1.82) is 0 Å². The number of nitrogens with zero attached hydrogens (tertiary/aromatic N) is 1. The second-order valence-electron chi connectivity index (χ2n) is 4.51. The summed E-state index contributed by atoms with van der Waals surface area (Å²) in [5, 5.41) is 6.60. The highest BCUT2D eigenvalue weighted by Crippen LogP contribution is 2.33. The summed E-state index contributed by atoms with van der Waals surface area (Å²) in [6.45, 7) is 5.33. The van der Waals surface area contributed by atoms with Crippen molar-refractivity contribution in [3.05, 3.63) is 11.4 Å². The summed E-state index contributed by atoms with van der Waals surface area (Å²) >= 11 is 0. The first-order valence-corrected chi connectivity index (χ1v) is 6.94. The summed E-state index contributed by atoms with van der Waals surface area (Å²) in [6, 6.07) is 0.0127. The molecule has 0 saturated heterocycles.